The molecule has 2 fully saturated rings. The first-order valence-corrected chi connectivity index (χ1v) is 10.9. The Morgan fingerprint density at radius 1 is 1.23 bits per heavy atom. The molecule has 8 heteroatoms. The molecule has 1 aliphatic heterocycles. The average Bonchev–Trinajstić information content (AvgIpc) is 2.61. The Kier molecular flexibility index (Phi) is 5.63. The van der Waals surface area contributed by atoms with Gasteiger partial charge in [0.25, 0.3) is 0 Å². The Bertz CT molecular complexity index is 774. The van der Waals surface area contributed by atoms with Crippen LogP contribution in [0, 0.1) is 5.92 Å². The van der Waals surface area contributed by atoms with E-state index in [1.165, 1.54) is 10.4 Å². The zero-order valence-corrected chi connectivity index (χ0v) is 16.6. The number of hydrogen-bond donors (Lipinski definition) is 1. The first kappa shape index (κ1) is 19.6. The summed E-state index contributed by atoms with van der Waals surface area (Å²) in [6.07, 6.45) is 3.74. The minimum Gasteiger partial charge on any atom is -0.340 e. The van der Waals surface area contributed by atoms with Crippen molar-refractivity contribution in [2.75, 3.05) is 26.2 Å². The molecule has 0 bridgehead atoms. The molecule has 1 saturated carbocycles. The van der Waals surface area contributed by atoms with Crippen molar-refractivity contribution >= 4 is 27.5 Å². The highest BCUT2D eigenvalue weighted by atomic mass is 35.5. The number of rotatable bonds is 3. The first-order chi connectivity index (χ1) is 12.2. The van der Waals surface area contributed by atoms with Gasteiger partial charge in [-0.2, -0.15) is 4.31 Å². The summed E-state index contributed by atoms with van der Waals surface area (Å²) in [5, 5.41) is 0.388. The standard InChI is InChI=1S/C18H26ClN3O3S/c1-18(20)8-3-2-7-16(18)17(23)21-9-11-22(12-10-21)26(24,25)15-6-4-5-14(19)13-15/h4-6,13,16H,2-3,7-12,20H2,1H3. The molecule has 3 rings (SSSR count). The van der Waals surface area contributed by atoms with E-state index < -0.39 is 15.6 Å². The van der Waals surface area contributed by atoms with Crippen molar-refractivity contribution in [3.05, 3.63) is 29.3 Å². The molecule has 1 aromatic rings. The van der Waals surface area contributed by atoms with Gasteiger partial charge in [-0.25, -0.2) is 8.42 Å². The number of carbonyl (C=O) groups excluding carboxylic acids is 1. The molecule has 26 heavy (non-hydrogen) atoms. The summed E-state index contributed by atoms with van der Waals surface area (Å²) in [7, 11) is -3.60. The van der Waals surface area contributed by atoms with Crippen LogP contribution in [0.25, 0.3) is 0 Å². The maximum atomic E-state index is 12.9. The van der Waals surface area contributed by atoms with Gasteiger partial charge in [-0.05, 0) is 38.0 Å². The predicted molar refractivity (Wildman–Crippen MR) is 101 cm³/mol. The number of halogens is 1. The Balaban J connectivity index is 1.66. The topological polar surface area (TPSA) is 83.7 Å². The van der Waals surface area contributed by atoms with Crippen LogP contribution in [-0.2, 0) is 14.8 Å². The van der Waals surface area contributed by atoms with Crippen molar-refractivity contribution in [1.82, 2.24) is 9.21 Å². The number of piperazine rings is 1. The fourth-order valence-electron chi connectivity index (χ4n) is 3.91. The van der Waals surface area contributed by atoms with Gasteiger partial charge in [0.1, 0.15) is 0 Å². The molecule has 2 atom stereocenters. The van der Waals surface area contributed by atoms with Crippen LogP contribution in [-0.4, -0.2) is 55.2 Å². The van der Waals surface area contributed by atoms with Gasteiger partial charge < -0.3 is 10.6 Å². The van der Waals surface area contributed by atoms with E-state index in [0.717, 1.165) is 25.7 Å². The zero-order valence-electron chi connectivity index (χ0n) is 15.0. The Labute approximate surface area is 160 Å². The Morgan fingerprint density at radius 2 is 1.92 bits per heavy atom. The predicted octanol–water partition coefficient (Wildman–Crippen LogP) is 2.08. The summed E-state index contributed by atoms with van der Waals surface area (Å²) in [6, 6.07) is 6.27. The number of nitrogens with zero attached hydrogens (tertiary/aromatic N) is 2. The minimum atomic E-state index is -3.60. The van der Waals surface area contributed by atoms with E-state index in [1.54, 1.807) is 23.1 Å². The number of nitrogens with two attached hydrogens (primary N) is 1. The van der Waals surface area contributed by atoms with Crippen LogP contribution in [0.3, 0.4) is 0 Å². The van der Waals surface area contributed by atoms with Gasteiger partial charge in [-0.15, -0.1) is 0 Å². The highest BCUT2D eigenvalue weighted by molar-refractivity contribution is 7.89. The summed E-state index contributed by atoms with van der Waals surface area (Å²) in [6.45, 7) is 3.31. The van der Waals surface area contributed by atoms with E-state index in [0.29, 0.717) is 18.1 Å². The molecule has 1 heterocycles. The molecule has 0 radical (unpaired) electrons. The summed E-state index contributed by atoms with van der Waals surface area (Å²) in [4.78, 5) is 14.9. The molecule has 6 nitrogen and oxygen atoms in total. The normalized spacial score (nSPS) is 28.1. The van der Waals surface area contributed by atoms with Crippen molar-refractivity contribution < 1.29 is 13.2 Å². The number of benzene rings is 1. The van der Waals surface area contributed by atoms with E-state index in [-0.39, 0.29) is 29.8 Å². The third-order valence-corrected chi connectivity index (χ3v) is 7.67. The van der Waals surface area contributed by atoms with E-state index in [2.05, 4.69) is 0 Å². The quantitative estimate of drug-likeness (QED) is 0.843. The fraction of sp³-hybridized carbons (Fsp3) is 0.611. The number of hydrogen-bond acceptors (Lipinski definition) is 4. The van der Waals surface area contributed by atoms with Crippen LogP contribution >= 0.6 is 11.6 Å². The third kappa shape index (κ3) is 3.91. The largest absolute Gasteiger partial charge is 0.340 e. The van der Waals surface area contributed by atoms with Gasteiger partial charge in [0.15, 0.2) is 0 Å². The SMILES string of the molecule is CC1(N)CCCCC1C(=O)N1CCN(S(=O)(=O)c2cccc(Cl)c2)CC1. The Hall–Kier alpha value is -1.15. The number of amides is 1. The van der Waals surface area contributed by atoms with Gasteiger partial charge in [-0.3, -0.25) is 4.79 Å². The molecule has 1 saturated heterocycles. The third-order valence-electron chi connectivity index (χ3n) is 5.54. The molecule has 1 aliphatic carbocycles. The number of sulfonamides is 1. The van der Waals surface area contributed by atoms with E-state index in [9.17, 15) is 13.2 Å². The summed E-state index contributed by atoms with van der Waals surface area (Å²) in [5.74, 6) is -0.109. The van der Waals surface area contributed by atoms with Crippen LogP contribution in [0.15, 0.2) is 29.2 Å². The minimum absolute atomic E-state index is 0.0644. The van der Waals surface area contributed by atoms with Crippen LogP contribution in [0.1, 0.15) is 32.6 Å². The van der Waals surface area contributed by atoms with Crippen molar-refractivity contribution in [3.63, 3.8) is 0 Å². The van der Waals surface area contributed by atoms with Crippen LogP contribution in [0.5, 0.6) is 0 Å². The fourth-order valence-corrected chi connectivity index (χ4v) is 5.63. The van der Waals surface area contributed by atoms with E-state index in [4.69, 9.17) is 17.3 Å². The lowest BCUT2D eigenvalue weighted by atomic mass is 9.74. The molecular formula is C18H26ClN3O3S. The highest BCUT2D eigenvalue weighted by Gasteiger charge is 2.41. The molecule has 144 valence electrons. The lowest BCUT2D eigenvalue weighted by molar-refractivity contribution is -0.140. The summed E-state index contributed by atoms with van der Waals surface area (Å²) >= 11 is 5.92. The molecule has 0 spiro atoms. The molecule has 2 N–H and O–H groups in total. The van der Waals surface area contributed by atoms with Crippen molar-refractivity contribution in [1.29, 1.82) is 0 Å². The molecular weight excluding hydrogens is 374 g/mol. The van der Waals surface area contributed by atoms with Crippen LogP contribution in [0.4, 0.5) is 0 Å². The summed E-state index contributed by atoms with van der Waals surface area (Å²) < 4.78 is 27.0. The van der Waals surface area contributed by atoms with Gasteiger partial charge in [0.2, 0.25) is 15.9 Å². The van der Waals surface area contributed by atoms with Gasteiger partial charge in [0, 0.05) is 36.7 Å². The van der Waals surface area contributed by atoms with Crippen molar-refractivity contribution in [2.45, 2.75) is 43.0 Å². The average molecular weight is 400 g/mol. The lowest BCUT2D eigenvalue weighted by Crippen LogP contribution is -2.57. The van der Waals surface area contributed by atoms with Gasteiger partial charge in [-0.1, -0.05) is 30.5 Å². The smallest absolute Gasteiger partial charge is 0.243 e. The van der Waals surface area contributed by atoms with E-state index >= 15 is 0 Å². The van der Waals surface area contributed by atoms with Crippen LogP contribution in [0.2, 0.25) is 5.02 Å². The van der Waals surface area contributed by atoms with E-state index in [1.807, 2.05) is 6.92 Å². The van der Waals surface area contributed by atoms with Gasteiger partial charge in [0.05, 0.1) is 10.8 Å². The lowest BCUT2D eigenvalue weighted by Gasteiger charge is -2.42. The van der Waals surface area contributed by atoms with Gasteiger partial charge >= 0.3 is 0 Å². The summed E-state index contributed by atoms with van der Waals surface area (Å²) in [5.41, 5.74) is 5.88. The van der Waals surface area contributed by atoms with Crippen molar-refractivity contribution in [3.8, 4) is 0 Å². The molecule has 2 unspecified atom stereocenters. The molecule has 1 amide bonds. The second-order valence-electron chi connectivity index (χ2n) is 7.49. The second-order valence-corrected chi connectivity index (χ2v) is 9.87. The van der Waals surface area contributed by atoms with Crippen molar-refractivity contribution in [2.24, 2.45) is 11.7 Å². The number of carbonyl (C=O) groups is 1. The monoisotopic (exact) mass is 399 g/mol. The van der Waals surface area contributed by atoms with Crippen LogP contribution < -0.4 is 5.73 Å². The molecule has 1 aromatic carbocycles. The maximum absolute atomic E-state index is 12.9. The maximum Gasteiger partial charge on any atom is 0.243 e. The highest BCUT2D eigenvalue weighted by Crippen LogP contribution is 2.33. The Morgan fingerprint density at radius 3 is 2.54 bits per heavy atom. The zero-order chi connectivity index (χ0) is 18.9. The second kappa shape index (κ2) is 7.46. The first-order valence-electron chi connectivity index (χ1n) is 9.05. The molecule has 2 aliphatic rings. The molecule has 0 aromatic heterocycles.